The normalized spacial score (nSPS) is 17.7. The van der Waals surface area contributed by atoms with Gasteiger partial charge in [-0.05, 0) is 24.3 Å². The molecule has 1 aliphatic heterocycles. The van der Waals surface area contributed by atoms with E-state index >= 15 is 0 Å². The smallest absolute Gasteiger partial charge is 0.230 e. The lowest BCUT2D eigenvalue weighted by Gasteiger charge is -2.36. The summed E-state index contributed by atoms with van der Waals surface area (Å²) in [4.78, 5) is 16.2. The van der Waals surface area contributed by atoms with Gasteiger partial charge in [-0.3, -0.25) is 9.69 Å². The van der Waals surface area contributed by atoms with Gasteiger partial charge < -0.3 is 4.90 Å². The van der Waals surface area contributed by atoms with Crippen molar-refractivity contribution < 1.29 is 4.79 Å². The third-order valence-corrected chi connectivity index (χ3v) is 3.11. The number of aromatic amines is 1. The summed E-state index contributed by atoms with van der Waals surface area (Å²) in [5, 5.41) is 13.2. The lowest BCUT2D eigenvalue weighted by Crippen LogP contribution is -2.51. The molecule has 7 heteroatoms. The van der Waals surface area contributed by atoms with Gasteiger partial charge in [-0.2, -0.15) is 0 Å². The molecule has 1 aromatic rings. The average molecular weight is 238 g/mol. The van der Waals surface area contributed by atoms with Gasteiger partial charge in [0, 0.05) is 32.2 Å². The minimum absolute atomic E-state index is 0.0898. The van der Waals surface area contributed by atoms with Crippen molar-refractivity contribution in [1.82, 2.24) is 30.4 Å². The van der Waals surface area contributed by atoms with Crippen molar-refractivity contribution in [2.24, 2.45) is 0 Å². The molecule has 0 unspecified atom stereocenters. The molecular weight excluding hydrogens is 220 g/mol. The second-order valence-corrected chi connectivity index (χ2v) is 4.54. The van der Waals surface area contributed by atoms with Crippen LogP contribution in [0.4, 0.5) is 0 Å². The summed E-state index contributed by atoms with van der Waals surface area (Å²) in [5.74, 6) is 0.619. The third-order valence-electron chi connectivity index (χ3n) is 3.11. The first-order chi connectivity index (χ1) is 8.16. The highest BCUT2D eigenvalue weighted by Crippen LogP contribution is 2.07. The van der Waals surface area contributed by atoms with Crippen LogP contribution in [0.5, 0.6) is 0 Å². The molecule has 2 rings (SSSR count). The quantitative estimate of drug-likeness (QED) is 0.753. The Bertz CT molecular complexity index is 355. The molecule has 17 heavy (non-hydrogen) atoms. The molecule has 1 aromatic heterocycles. The predicted octanol–water partition coefficient (Wildman–Crippen LogP) is -0.705. The number of nitrogens with one attached hydrogen (secondary N) is 1. The summed E-state index contributed by atoms with van der Waals surface area (Å²) in [7, 11) is 0. The first kappa shape index (κ1) is 12.0. The van der Waals surface area contributed by atoms with Crippen LogP contribution in [0.1, 0.15) is 19.7 Å². The van der Waals surface area contributed by atoms with Gasteiger partial charge in [0.25, 0.3) is 0 Å². The lowest BCUT2D eigenvalue weighted by atomic mass is 10.2. The molecule has 1 amide bonds. The summed E-state index contributed by atoms with van der Waals surface area (Å²) in [6.07, 6.45) is 0.259. The highest BCUT2D eigenvalue weighted by atomic mass is 16.2. The molecule has 0 bridgehead atoms. The van der Waals surface area contributed by atoms with Gasteiger partial charge >= 0.3 is 0 Å². The molecule has 1 N–H and O–H groups in total. The highest BCUT2D eigenvalue weighted by Gasteiger charge is 2.22. The monoisotopic (exact) mass is 238 g/mol. The van der Waals surface area contributed by atoms with Gasteiger partial charge in [0.05, 0.1) is 6.42 Å². The maximum Gasteiger partial charge on any atom is 0.230 e. The zero-order valence-corrected chi connectivity index (χ0v) is 10.3. The van der Waals surface area contributed by atoms with Gasteiger partial charge in [-0.1, -0.05) is 0 Å². The van der Waals surface area contributed by atoms with Crippen LogP contribution in [-0.4, -0.2) is 68.6 Å². The minimum atomic E-state index is 0.0898. The zero-order chi connectivity index (χ0) is 12.3. The number of carbonyl (C=O) groups is 1. The van der Waals surface area contributed by atoms with Crippen molar-refractivity contribution in [3.05, 3.63) is 5.82 Å². The number of tetrazole rings is 1. The number of nitrogens with zero attached hydrogens (tertiary/aromatic N) is 5. The second kappa shape index (κ2) is 5.22. The van der Waals surface area contributed by atoms with E-state index in [2.05, 4.69) is 39.4 Å². The summed E-state index contributed by atoms with van der Waals surface area (Å²) in [5.41, 5.74) is 0. The minimum Gasteiger partial charge on any atom is -0.340 e. The Labute approximate surface area is 100 Å². The first-order valence-electron chi connectivity index (χ1n) is 5.91. The molecule has 1 saturated heterocycles. The zero-order valence-electron chi connectivity index (χ0n) is 10.3. The van der Waals surface area contributed by atoms with Crippen LogP contribution >= 0.6 is 0 Å². The van der Waals surface area contributed by atoms with Crippen LogP contribution in [0.3, 0.4) is 0 Å². The van der Waals surface area contributed by atoms with Crippen LogP contribution in [0.25, 0.3) is 0 Å². The van der Waals surface area contributed by atoms with Gasteiger partial charge in [-0.15, -0.1) is 5.10 Å². The van der Waals surface area contributed by atoms with Crippen molar-refractivity contribution in [2.45, 2.75) is 26.3 Å². The molecule has 7 nitrogen and oxygen atoms in total. The number of hydrogen-bond acceptors (Lipinski definition) is 5. The van der Waals surface area contributed by atoms with E-state index < -0.39 is 0 Å². The lowest BCUT2D eigenvalue weighted by molar-refractivity contribution is -0.132. The van der Waals surface area contributed by atoms with Crippen LogP contribution in [0.15, 0.2) is 0 Å². The number of H-pyrrole nitrogens is 1. The highest BCUT2D eigenvalue weighted by molar-refractivity contribution is 5.78. The Morgan fingerprint density at radius 3 is 2.59 bits per heavy atom. The summed E-state index contributed by atoms with van der Waals surface area (Å²) in [6, 6.07) is 0.547. The Hall–Kier alpha value is -1.50. The predicted molar refractivity (Wildman–Crippen MR) is 61.2 cm³/mol. The number of piperazine rings is 1. The molecule has 1 aliphatic rings. The molecular formula is C10H18N6O. The third kappa shape index (κ3) is 3.00. The fourth-order valence-corrected chi connectivity index (χ4v) is 2.00. The Morgan fingerprint density at radius 2 is 2.06 bits per heavy atom. The van der Waals surface area contributed by atoms with Gasteiger partial charge in [-0.25, -0.2) is 5.10 Å². The van der Waals surface area contributed by atoms with Crippen LogP contribution < -0.4 is 0 Å². The molecule has 94 valence electrons. The molecule has 0 atom stereocenters. The maximum atomic E-state index is 11.9. The number of hydrogen-bond donors (Lipinski definition) is 1. The summed E-state index contributed by atoms with van der Waals surface area (Å²) in [6.45, 7) is 7.82. The molecule has 1 fully saturated rings. The standard InChI is InChI=1S/C10H18N6O/c1-8(2)15-3-5-16(6-4-15)10(17)7-9-11-13-14-12-9/h8H,3-7H2,1-2H3,(H,11,12,13,14). The van der Waals surface area contributed by atoms with E-state index in [1.807, 2.05) is 4.90 Å². The van der Waals surface area contributed by atoms with Gasteiger partial charge in [0.1, 0.15) is 0 Å². The van der Waals surface area contributed by atoms with Gasteiger partial charge in [0.2, 0.25) is 5.91 Å². The molecule has 0 saturated carbocycles. The fraction of sp³-hybridized carbons (Fsp3) is 0.800. The summed E-state index contributed by atoms with van der Waals surface area (Å²) < 4.78 is 0. The van der Waals surface area contributed by atoms with E-state index in [9.17, 15) is 4.79 Å². The number of amides is 1. The van der Waals surface area contributed by atoms with E-state index in [1.54, 1.807) is 0 Å². The second-order valence-electron chi connectivity index (χ2n) is 4.54. The Balaban J connectivity index is 1.82. The van der Waals surface area contributed by atoms with Crippen molar-refractivity contribution in [3.8, 4) is 0 Å². The van der Waals surface area contributed by atoms with E-state index in [4.69, 9.17) is 0 Å². The molecule has 0 radical (unpaired) electrons. The van der Waals surface area contributed by atoms with E-state index in [-0.39, 0.29) is 12.3 Å². The number of aromatic nitrogens is 4. The van der Waals surface area contributed by atoms with Crippen molar-refractivity contribution in [3.63, 3.8) is 0 Å². The van der Waals surface area contributed by atoms with Crippen molar-refractivity contribution in [2.75, 3.05) is 26.2 Å². The van der Waals surface area contributed by atoms with E-state index in [0.717, 1.165) is 26.2 Å². The fourth-order valence-electron chi connectivity index (χ4n) is 2.00. The van der Waals surface area contributed by atoms with Crippen LogP contribution in [-0.2, 0) is 11.2 Å². The largest absolute Gasteiger partial charge is 0.340 e. The van der Waals surface area contributed by atoms with E-state index in [0.29, 0.717) is 11.9 Å². The number of carbonyl (C=O) groups excluding carboxylic acids is 1. The van der Waals surface area contributed by atoms with Crippen LogP contribution in [0, 0.1) is 0 Å². The van der Waals surface area contributed by atoms with Crippen LogP contribution in [0.2, 0.25) is 0 Å². The van der Waals surface area contributed by atoms with E-state index in [1.165, 1.54) is 0 Å². The SMILES string of the molecule is CC(C)N1CCN(C(=O)Cc2nnn[nH]2)CC1. The molecule has 0 aromatic carbocycles. The van der Waals surface area contributed by atoms with Crippen molar-refractivity contribution >= 4 is 5.91 Å². The molecule has 2 heterocycles. The number of rotatable bonds is 3. The summed E-state index contributed by atoms with van der Waals surface area (Å²) >= 11 is 0. The first-order valence-corrected chi connectivity index (χ1v) is 5.91. The average Bonchev–Trinajstić information content (AvgIpc) is 2.82. The topological polar surface area (TPSA) is 78.0 Å². The van der Waals surface area contributed by atoms with Gasteiger partial charge in [0.15, 0.2) is 5.82 Å². The van der Waals surface area contributed by atoms with Crippen molar-refractivity contribution in [1.29, 1.82) is 0 Å². The Kier molecular flexibility index (Phi) is 3.68. The molecule has 0 aliphatic carbocycles. The maximum absolute atomic E-state index is 11.9. The Morgan fingerprint density at radius 1 is 1.35 bits per heavy atom. The molecule has 0 spiro atoms.